The zero-order valence-corrected chi connectivity index (χ0v) is 15.8. The molecule has 0 bridgehead atoms. The molecule has 1 aromatic carbocycles. The van der Waals surface area contributed by atoms with Crippen molar-refractivity contribution in [3.8, 4) is 0 Å². The molecule has 0 saturated carbocycles. The molecule has 0 aromatic heterocycles. The first kappa shape index (κ1) is 21.5. The van der Waals surface area contributed by atoms with Crippen LogP contribution >= 0.6 is 0 Å². The number of halogens is 3. The first-order chi connectivity index (χ1) is 12.7. The number of nitrogens with zero attached hydrogens (tertiary/aromatic N) is 1. The van der Waals surface area contributed by atoms with Gasteiger partial charge in [-0.25, -0.2) is 18.6 Å². The van der Waals surface area contributed by atoms with Crippen molar-refractivity contribution in [2.75, 3.05) is 11.7 Å². The van der Waals surface area contributed by atoms with Crippen LogP contribution in [-0.4, -0.2) is 37.5 Å². The van der Waals surface area contributed by atoms with Gasteiger partial charge in [-0.15, -0.1) is 0 Å². The molecular weight excluding hydrogens is 405 g/mol. The number of urea groups is 1. The van der Waals surface area contributed by atoms with Crippen molar-refractivity contribution in [3.63, 3.8) is 0 Å². The number of benzene rings is 1. The number of hydrogen-bond donors (Lipinski definition) is 3. The van der Waals surface area contributed by atoms with Crippen LogP contribution in [0.5, 0.6) is 0 Å². The highest BCUT2D eigenvalue weighted by Crippen LogP contribution is 2.36. The summed E-state index contributed by atoms with van der Waals surface area (Å²) in [6.45, 7) is 2.59. The lowest BCUT2D eigenvalue weighted by Gasteiger charge is -2.19. The lowest BCUT2D eigenvalue weighted by molar-refractivity contribution is -0.142. The average Bonchev–Trinajstić information content (AvgIpc) is 2.77. The third kappa shape index (κ3) is 4.52. The number of rotatable bonds is 4. The predicted molar refractivity (Wildman–Crippen MR) is 90.2 cm³/mol. The summed E-state index contributed by atoms with van der Waals surface area (Å²) in [5.74, 6) is -1.92. The maximum atomic E-state index is 13.1. The molecule has 1 saturated heterocycles. The molecular formula is C15H17F3N4O5S. The summed E-state index contributed by atoms with van der Waals surface area (Å²) in [5, 5.41) is 0.482. The first-order valence-electron chi connectivity index (χ1n) is 7.83. The van der Waals surface area contributed by atoms with Crippen LogP contribution in [0.4, 0.5) is 23.7 Å². The molecule has 28 heavy (non-hydrogen) atoms. The summed E-state index contributed by atoms with van der Waals surface area (Å²) in [6.07, 6.45) is -4.05. The second-order valence-corrected chi connectivity index (χ2v) is 8.28. The van der Waals surface area contributed by atoms with Crippen molar-refractivity contribution in [1.29, 1.82) is 0 Å². The maximum Gasteiger partial charge on any atom is 0.416 e. The molecule has 3 N–H and O–H groups in total. The van der Waals surface area contributed by atoms with E-state index in [-0.39, 0.29) is 12.0 Å². The van der Waals surface area contributed by atoms with Crippen LogP contribution in [0.15, 0.2) is 17.0 Å². The molecule has 1 aliphatic rings. The van der Waals surface area contributed by atoms with E-state index in [0.717, 1.165) is 19.2 Å². The van der Waals surface area contributed by atoms with Crippen LogP contribution in [0.2, 0.25) is 0 Å². The van der Waals surface area contributed by atoms with Gasteiger partial charge in [0.05, 0.1) is 16.1 Å². The molecule has 1 unspecified atom stereocenters. The molecule has 9 nitrogen and oxygen atoms in total. The highest BCUT2D eigenvalue weighted by molar-refractivity contribution is 7.90. The number of anilines is 1. The molecule has 1 fully saturated rings. The largest absolute Gasteiger partial charge is 0.416 e. The molecule has 0 spiro atoms. The number of carbonyl (C=O) groups is 3. The maximum absolute atomic E-state index is 13.1. The fraction of sp³-hybridized carbons (Fsp3) is 0.400. The summed E-state index contributed by atoms with van der Waals surface area (Å²) < 4.78 is 63.0. The van der Waals surface area contributed by atoms with Crippen LogP contribution in [0.1, 0.15) is 24.5 Å². The van der Waals surface area contributed by atoms with E-state index in [1.807, 2.05) is 10.9 Å². The van der Waals surface area contributed by atoms with Crippen LogP contribution in [0, 0.1) is 12.8 Å². The summed E-state index contributed by atoms with van der Waals surface area (Å²) in [4.78, 5) is 34.8. The van der Waals surface area contributed by atoms with E-state index < -0.39 is 55.9 Å². The monoisotopic (exact) mass is 422 g/mol. The van der Waals surface area contributed by atoms with Crippen LogP contribution in [0.3, 0.4) is 0 Å². The Bertz CT molecular complexity index is 946. The Hall–Kier alpha value is -2.83. The molecule has 13 heteroatoms. The van der Waals surface area contributed by atoms with Gasteiger partial charge in [-0.05, 0) is 24.6 Å². The van der Waals surface area contributed by atoms with Gasteiger partial charge < -0.3 is 0 Å². The highest BCUT2D eigenvalue weighted by Gasteiger charge is 2.37. The van der Waals surface area contributed by atoms with Crippen LogP contribution in [0.25, 0.3) is 0 Å². The van der Waals surface area contributed by atoms with Gasteiger partial charge in [0, 0.05) is 18.6 Å². The summed E-state index contributed by atoms with van der Waals surface area (Å²) in [6, 6.07) is 0.222. The molecule has 1 aromatic rings. The number of hydrogen-bond acceptors (Lipinski definition) is 6. The van der Waals surface area contributed by atoms with E-state index in [0.29, 0.717) is 11.1 Å². The minimum atomic E-state index is -4.75. The van der Waals surface area contributed by atoms with Gasteiger partial charge >= 0.3 is 12.2 Å². The molecule has 0 aliphatic carbocycles. The van der Waals surface area contributed by atoms with E-state index in [1.165, 1.54) is 6.92 Å². The summed E-state index contributed by atoms with van der Waals surface area (Å²) in [7, 11) is -3.93. The van der Waals surface area contributed by atoms with Crippen molar-refractivity contribution in [2.45, 2.75) is 31.3 Å². The predicted octanol–water partition coefficient (Wildman–Crippen LogP) is 1.35. The number of nitrogens with one attached hydrogen (secondary N) is 3. The Balaban J connectivity index is 2.24. The fourth-order valence-corrected chi connectivity index (χ4v) is 3.45. The minimum absolute atomic E-state index is 0.0995. The Kier molecular flexibility index (Phi) is 5.59. The third-order valence-corrected chi connectivity index (χ3v) is 5.06. The SMILES string of the molecule is Cc1cc(S(C)(=O)=O)c(NNC(=O)NN2C(=O)CC(C)C2=O)cc1C(F)(F)F. The summed E-state index contributed by atoms with van der Waals surface area (Å²) >= 11 is 0. The number of aryl methyl sites for hydroxylation is 1. The molecule has 2 rings (SSSR count). The fourth-order valence-electron chi connectivity index (χ4n) is 2.55. The van der Waals surface area contributed by atoms with E-state index in [1.54, 1.807) is 0 Å². The van der Waals surface area contributed by atoms with Crippen LogP contribution in [-0.2, 0) is 25.6 Å². The van der Waals surface area contributed by atoms with Crippen molar-refractivity contribution in [3.05, 3.63) is 23.3 Å². The Morgan fingerprint density at radius 2 is 1.86 bits per heavy atom. The van der Waals surface area contributed by atoms with Gasteiger partial charge in [0.1, 0.15) is 0 Å². The molecule has 4 amide bonds. The Morgan fingerprint density at radius 3 is 2.32 bits per heavy atom. The van der Waals surface area contributed by atoms with Gasteiger partial charge in [0.2, 0.25) is 5.91 Å². The van der Waals surface area contributed by atoms with Crippen molar-refractivity contribution < 1.29 is 36.0 Å². The van der Waals surface area contributed by atoms with Crippen molar-refractivity contribution in [2.24, 2.45) is 5.92 Å². The first-order valence-corrected chi connectivity index (χ1v) is 9.72. The number of alkyl halides is 3. The number of carbonyl (C=O) groups excluding carboxylic acids is 3. The van der Waals surface area contributed by atoms with E-state index >= 15 is 0 Å². The topological polar surface area (TPSA) is 125 Å². The smallest absolute Gasteiger partial charge is 0.296 e. The molecule has 154 valence electrons. The van der Waals surface area contributed by atoms with Crippen molar-refractivity contribution >= 4 is 33.4 Å². The second kappa shape index (κ2) is 7.30. The van der Waals surface area contributed by atoms with Crippen LogP contribution < -0.4 is 16.3 Å². The molecule has 1 aliphatic heterocycles. The molecule has 1 atom stereocenters. The van der Waals surface area contributed by atoms with E-state index in [4.69, 9.17) is 0 Å². The van der Waals surface area contributed by atoms with Crippen molar-refractivity contribution in [1.82, 2.24) is 15.9 Å². The summed E-state index contributed by atoms with van der Waals surface area (Å²) in [5.41, 5.74) is 4.01. The molecule has 0 radical (unpaired) electrons. The minimum Gasteiger partial charge on any atom is -0.296 e. The van der Waals surface area contributed by atoms with Gasteiger partial charge in [-0.2, -0.15) is 18.2 Å². The van der Waals surface area contributed by atoms with Gasteiger partial charge in [0.25, 0.3) is 5.91 Å². The standard InChI is InChI=1S/C15H17F3N4O5S/c1-7-4-11(28(3,26)27)10(6-9(7)15(16,17)18)19-20-14(25)21-22-12(23)5-8(2)13(22)24/h4,6,8,19H,5H2,1-3H3,(H2,20,21,25). The number of hydrazine groups is 2. The molecule has 1 heterocycles. The quantitative estimate of drug-likeness (QED) is 0.497. The van der Waals surface area contributed by atoms with Gasteiger partial charge in [-0.1, -0.05) is 6.92 Å². The Labute approximate surface area is 158 Å². The average molecular weight is 422 g/mol. The van der Waals surface area contributed by atoms with Gasteiger partial charge in [-0.3, -0.25) is 20.4 Å². The van der Waals surface area contributed by atoms with Gasteiger partial charge in [0.15, 0.2) is 9.84 Å². The second-order valence-electron chi connectivity index (χ2n) is 6.30. The van der Waals surface area contributed by atoms with E-state index in [2.05, 4.69) is 5.43 Å². The zero-order chi connectivity index (χ0) is 21.4. The lowest BCUT2D eigenvalue weighted by Crippen LogP contribution is -2.51. The van der Waals surface area contributed by atoms with E-state index in [9.17, 15) is 36.0 Å². The normalized spacial score (nSPS) is 17.6. The highest BCUT2D eigenvalue weighted by atomic mass is 32.2. The number of sulfone groups is 1. The lowest BCUT2D eigenvalue weighted by atomic mass is 10.1. The number of amides is 4. The Morgan fingerprint density at radius 1 is 1.25 bits per heavy atom. The third-order valence-electron chi connectivity index (χ3n) is 3.93. The number of imide groups is 1. The zero-order valence-electron chi connectivity index (χ0n) is 15.0.